The minimum atomic E-state index is -0.777. The molecule has 88 valence electrons. The van der Waals surface area contributed by atoms with Crippen LogP contribution < -0.4 is 4.74 Å². The second-order valence-electron chi connectivity index (χ2n) is 3.61. The van der Waals surface area contributed by atoms with E-state index < -0.39 is 5.97 Å². The van der Waals surface area contributed by atoms with Crippen LogP contribution >= 0.6 is 11.6 Å². The molecule has 0 atom stereocenters. The number of methoxy groups -OCH3 is 1. The number of carbonyl (C=O) groups is 1. The van der Waals surface area contributed by atoms with Crippen molar-refractivity contribution in [2.45, 2.75) is 26.2 Å². The molecule has 0 amide bonds. The number of rotatable bonds is 5. The summed E-state index contributed by atoms with van der Waals surface area (Å²) in [5, 5.41) is 9.22. The summed E-state index contributed by atoms with van der Waals surface area (Å²) in [5.74, 6) is -0.0201. The fourth-order valence-corrected chi connectivity index (χ4v) is 1.82. The summed E-state index contributed by atoms with van der Waals surface area (Å²) in [6.45, 7) is 1.89. The third-order valence-electron chi connectivity index (χ3n) is 2.47. The molecule has 0 heterocycles. The van der Waals surface area contributed by atoms with Crippen LogP contribution in [0.4, 0.5) is 0 Å². The van der Waals surface area contributed by atoms with Crippen molar-refractivity contribution in [3.8, 4) is 5.75 Å². The van der Waals surface area contributed by atoms with E-state index in [9.17, 15) is 4.79 Å². The zero-order valence-electron chi connectivity index (χ0n) is 9.42. The van der Waals surface area contributed by atoms with E-state index in [1.165, 1.54) is 0 Å². The minimum Gasteiger partial charge on any atom is -0.496 e. The normalized spacial score (nSPS) is 10.2. The van der Waals surface area contributed by atoms with Gasteiger partial charge in [0.15, 0.2) is 0 Å². The van der Waals surface area contributed by atoms with E-state index in [0.29, 0.717) is 17.9 Å². The fraction of sp³-hybridized carbons (Fsp3) is 0.417. The topological polar surface area (TPSA) is 46.5 Å². The lowest BCUT2D eigenvalue weighted by atomic mass is 10.0. The molecule has 3 nitrogen and oxygen atoms in total. The molecule has 0 bridgehead atoms. The van der Waals surface area contributed by atoms with Crippen LogP contribution in [0.15, 0.2) is 12.1 Å². The molecule has 1 rings (SSSR count). The Morgan fingerprint density at radius 1 is 1.50 bits per heavy atom. The second kappa shape index (κ2) is 5.75. The van der Waals surface area contributed by atoms with Crippen molar-refractivity contribution in [3.05, 3.63) is 28.3 Å². The number of aliphatic carboxylic acids is 1. The summed E-state index contributed by atoms with van der Waals surface area (Å²) in [7, 11) is 1.60. The largest absolute Gasteiger partial charge is 0.496 e. The molecule has 0 spiro atoms. The SMILES string of the molecule is COc1ccc(CCCC(=O)O)c(Cl)c1C. The maximum absolute atomic E-state index is 10.4. The molecular weight excluding hydrogens is 228 g/mol. The Morgan fingerprint density at radius 2 is 2.19 bits per heavy atom. The number of aryl methyl sites for hydroxylation is 1. The zero-order valence-corrected chi connectivity index (χ0v) is 10.2. The van der Waals surface area contributed by atoms with Crippen LogP contribution in [-0.2, 0) is 11.2 Å². The average molecular weight is 243 g/mol. The molecular formula is C12H15ClO3. The van der Waals surface area contributed by atoms with Crippen LogP contribution in [-0.4, -0.2) is 18.2 Å². The third kappa shape index (κ3) is 3.14. The van der Waals surface area contributed by atoms with Crippen molar-refractivity contribution in [3.63, 3.8) is 0 Å². The van der Waals surface area contributed by atoms with Gasteiger partial charge in [-0.25, -0.2) is 0 Å². The van der Waals surface area contributed by atoms with Crippen molar-refractivity contribution >= 4 is 17.6 Å². The molecule has 0 aromatic heterocycles. The lowest BCUT2D eigenvalue weighted by Crippen LogP contribution is -1.97. The zero-order chi connectivity index (χ0) is 12.1. The standard InChI is InChI=1S/C12H15ClO3/c1-8-10(16-2)7-6-9(12(8)13)4-3-5-11(14)15/h6-7H,3-5H2,1-2H3,(H,14,15). The number of ether oxygens (including phenoxy) is 1. The lowest BCUT2D eigenvalue weighted by molar-refractivity contribution is -0.137. The number of carboxylic acids is 1. The first-order valence-corrected chi connectivity index (χ1v) is 5.47. The van der Waals surface area contributed by atoms with Crippen molar-refractivity contribution in [1.82, 2.24) is 0 Å². The van der Waals surface area contributed by atoms with Gasteiger partial charge in [0.2, 0.25) is 0 Å². The highest BCUT2D eigenvalue weighted by Crippen LogP contribution is 2.29. The number of halogens is 1. The molecule has 0 saturated heterocycles. The summed E-state index contributed by atoms with van der Waals surface area (Å²) in [4.78, 5) is 10.4. The van der Waals surface area contributed by atoms with Gasteiger partial charge in [-0.2, -0.15) is 0 Å². The van der Waals surface area contributed by atoms with Gasteiger partial charge in [-0.05, 0) is 31.4 Å². The molecule has 0 unspecified atom stereocenters. The molecule has 1 aromatic carbocycles. The predicted molar refractivity (Wildman–Crippen MR) is 63.3 cm³/mol. The molecule has 0 saturated carbocycles. The Bertz CT molecular complexity index is 388. The van der Waals surface area contributed by atoms with E-state index in [1.807, 2.05) is 19.1 Å². The number of carboxylic acid groups (broad SMARTS) is 1. The quantitative estimate of drug-likeness (QED) is 0.863. The minimum absolute atomic E-state index is 0.168. The van der Waals surface area contributed by atoms with Crippen LogP contribution in [0.2, 0.25) is 5.02 Å². The van der Waals surface area contributed by atoms with E-state index in [-0.39, 0.29) is 6.42 Å². The lowest BCUT2D eigenvalue weighted by Gasteiger charge is -2.10. The van der Waals surface area contributed by atoms with Crippen LogP contribution in [0.25, 0.3) is 0 Å². The van der Waals surface area contributed by atoms with Crippen LogP contribution in [0.3, 0.4) is 0 Å². The average Bonchev–Trinajstić information content (AvgIpc) is 2.24. The first kappa shape index (κ1) is 12.8. The summed E-state index contributed by atoms with van der Waals surface area (Å²) in [5.41, 5.74) is 1.87. The highest BCUT2D eigenvalue weighted by molar-refractivity contribution is 6.32. The Labute approximate surface area is 100.0 Å². The molecule has 0 aliphatic carbocycles. The first-order chi connectivity index (χ1) is 7.56. The fourth-order valence-electron chi connectivity index (χ4n) is 1.57. The Morgan fingerprint density at radius 3 is 2.75 bits per heavy atom. The maximum atomic E-state index is 10.4. The highest BCUT2D eigenvalue weighted by atomic mass is 35.5. The van der Waals surface area contributed by atoms with Gasteiger partial charge in [0.1, 0.15) is 5.75 Å². The van der Waals surface area contributed by atoms with Crippen molar-refractivity contribution in [2.24, 2.45) is 0 Å². The smallest absolute Gasteiger partial charge is 0.303 e. The summed E-state index contributed by atoms with van der Waals surface area (Å²) in [6, 6.07) is 3.74. The Balaban J connectivity index is 2.74. The summed E-state index contributed by atoms with van der Waals surface area (Å²) < 4.78 is 5.14. The van der Waals surface area contributed by atoms with Gasteiger partial charge in [-0.15, -0.1) is 0 Å². The third-order valence-corrected chi connectivity index (χ3v) is 3.00. The van der Waals surface area contributed by atoms with E-state index in [2.05, 4.69) is 0 Å². The van der Waals surface area contributed by atoms with E-state index in [4.69, 9.17) is 21.4 Å². The molecule has 1 aromatic rings. The van der Waals surface area contributed by atoms with Gasteiger partial charge in [-0.1, -0.05) is 17.7 Å². The van der Waals surface area contributed by atoms with Gasteiger partial charge >= 0.3 is 5.97 Å². The van der Waals surface area contributed by atoms with Gasteiger partial charge in [0.05, 0.1) is 12.1 Å². The van der Waals surface area contributed by atoms with E-state index >= 15 is 0 Å². The molecule has 0 aliphatic heterocycles. The molecule has 1 N–H and O–H groups in total. The van der Waals surface area contributed by atoms with Crippen LogP contribution in [0.1, 0.15) is 24.0 Å². The Kier molecular flexibility index (Phi) is 4.62. The summed E-state index contributed by atoms with van der Waals surface area (Å²) in [6.07, 6.45) is 1.44. The van der Waals surface area contributed by atoms with Crippen molar-refractivity contribution in [2.75, 3.05) is 7.11 Å². The molecule has 16 heavy (non-hydrogen) atoms. The van der Waals surface area contributed by atoms with Gasteiger partial charge < -0.3 is 9.84 Å². The maximum Gasteiger partial charge on any atom is 0.303 e. The van der Waals surface area contributed by atoms with E-state index in [1.54, 1.807) is 7.11 Å². The van der Waals surface area contributed by atoms with Gasteiger partial charge in [0.25, 0.3) is 0 Å². The number of hydrogen-bond donors (Lipinski definition) is 1. The number of hydrogen-bond acceptors (Lipinski definition) is 2. The predicted octanol–water partition coefficient (Wildman–Crippen LogP) is 3.06. The van der Waals surface area contributed by atoms with Crippen LogP contribution in [0.5, 0.6) is 5.75 Å². The van der Waals surface area contributed by atoms with Crippen LogP contribution in [0, 0.1) is 6.92 Å². The molecule has 0 fully saturated rings. The van der Waals surface area contributed by atoms with Gasteiger partial charge in [-0.3, -0.25) is 4.79 Å². The molecule has 4 heteroatoms. The molecule has 0 radical (unpaired) electrons. The summed E-state index contributed by atoms with van der Waals surface area (Å²) >= 11 is 6.17. The van der Waals surface area contributed by atoms with E-state index in [0.717, 1.165) is 16.9 Å². The second-order valence-corrected chi connectivity index (χ2v) is 3.99. The number of benzene rings is 1. The molecule has 0 aliphatic rings. The first-order valence-electron chi connectivity index (χ1n) is 5.10. The highest BCUT2D eigenvalue weighted by Gasteiger charge is 2.08. The monoisotopic (exact) mass is 242 g/mol. The van der Waals surface area contributed by atoms with Gasteiger partial charge in [0, 0.05) is 12.0 Å². The Hall–Kier alpha value is -1.22. The van der Waals surface area contributed by atoms with Crippen molar-refractivity contribution < 1.29 is 14.6 Å². The van der Waals surface area contributed by atoms with Crippen molar-refractivity contribution in [1.29, 1.82) is 0 Å².